The van der Waals surface area contributed by atoms with Crippen LogP contribution in [0.15, 0.2) is 0 Å². The number of carbonyl (C=O) groups excluding carboxylic acids is 1. The molecule has 1 N–H and O–H groups in total. The molecule has 5 nitrogen and oxygen atoms in total. The van der Waals surface area contributed by atoms with E-state index in [1.807, 2.05) is 4.90 Å². The van der Waals surface area contributed by atoms with Crippen LogP contribution >= 0.6 is 0 Å². The van der Waals surface area contributed by atoms with Gasteiger partial charge in [-0.3, -0.25) is 4.79 Å². The molecule has 2 aliphatic heterocycles. The van der Waals surface area contributed by atoms with Crippen molar-refractivity contribution >= 4 is 12.0 Å². The second-order valence-electron chi connectivity index (χ2n) is 4.19. The van der Waals surface area contributed by atoms with Crippen molar-refractivity contribution < 1.29 is 14.7 Å². The summed E-state index contributed by atoms with van der Waals surface area (Å²) in [4.78, 5) is 25.5. The number of hydrogen-bond donors (Lipinski definition) is 1. The van der Waals surface area contributed by atoms with Gasteiger partial charge in [-0.25, -0.2) is 4.79 Å². The van der Waals surface area contributed by atoms with Gasteiger partial charge in [0.25, 0.3) is 0 Å². The predicted molar refractivity (Wildman–Crippen MR) is 53.6 cm³/mol. The smallest absolute Gasteiger partial charge is 0.407 e. The van der Waals surface area contributed by atoms with Gasteiger partial charge in [0.1, 0.15) is 0 Å². The Hall–Kier alpha value is -1.26. The normalized spacial score (nSPS) is 23.6. The zero-order chi connectivity index (χ0) is 10.8. The zero-order valence-electron chi connectivity index (χ0n) is 8.69. The first-order valence-electron chi connectivity index (χ1n) is 5.46. The molecule has 2 aliphatic rings. The van der Waals surface area contributed by atoms with Crippen LogP contribution in [0.4, 0.5) is 4.79 Å². The van der Waals surface area contributed by atoms with Gasteiger partial charge in [0.2, 0.25) is 5.91 Å². The summed E-state index contributed by atoms with van der Waals surface area (Å²) in [5.41, 5.74) is 0. The fourth-order valence-electron chi connectivity index (χ4n) is 2.42. The van der Waals surface area contributed by atoms with Gasteiger partial charge in [-0.2, -0.15) is 0 Å². The van der Waals surface area contributed by atoms with Crippen molar-refractivity contribution in [2.45, 2.75) is 31.7 Å². The molecule has 0 unspecified atom stereocenters. The summed E-state index contributed by atoms with van der Waals surface area (Å²) in [5.74, 6) is 0.240. The first-order valence-corrected chi connectivity index (χ1v) is 5.46. The lowest BCUT2D eigenvalue weighted by Crippen LogP contribution is -2.46. The zero-order valence-corrected chi connectivity index (χ0v) is 8.69. The van der Waals surface area contributed by atoms with Crippen LogP contribution in [0.5, 0.6) is 0 Å². The molecule has 0 spiro atoms. The minimum absolute atomic E-state index is 0.240. The maximum Gasteiger partial charge on any atom is 0.407 e. The van der Waals surface area contributed by atoms with Crippen LogP contribution in [0.25, 0.3) is 0 Å². The molecule has 2 saturated heterocycles. The molecule has 0 saturated carbocycles. The van der Waals surface area contributed by atoms with Crippen LogP contribution in [0, 0.1) is 0 Å². The third-order valence-electron chi connectivity index (χ3n) is 3.29. The van der Waals surface area contributed by atoms with E-state index in [1.165, 1.54) is 4.90 Å². The predicted octanol–water partition coefficient (Wildman–Crippen LogP) is 0.751. The molecular weight excluding hydrogens is 196 g/mol. The molecule has 0 aromatic heterocycles. The minimum atomic E-state index is -0.846. The van der Waals surface area contributed by atoms with Crippen LogP contribution in [-0.4, -0.2) is 52.6 Å². The van der Waals surface area contributed by atoms with E-state index in [0.29, 0.717) is 19.5 Å². The number of amides is 2. The first kappa shape index (κ1) is 10.3. The lowest BCUT2D eigenvalue weighted by atomic mass is 10.0. The number of rotatable bonds is 1. The van der Waals surface area contributed by atoms with E-state index in [1.54, 1.807) is 0 Å². The Morgan fingerprint density at radius 1 is 1.27 bits per heavy atom. The van der Waals surface area contributed by atoms with Gasteiger partial charge < -0.3 is 14.9 Å². The average molecular weight is 212 g/mol. The van der Waals surface area contributed by atoms with Gasteiger partial charge in [0.15, 0.2) is 0 Å². The number of carboxylic acid groups (broad SMARTS) is 1. The van der Waals surface area contributed by atoms with E-state index >= 15 is 0 Å². The number of likely N-dealkylation sites (tertiary alicyclic amines) is 2. The van der Waals surface area contributed by atoms with E-state index in [0.717, 1.165) is 25.8 Å². The van der Waals surface area contributed by atoms with Gasteiger partial charge in [0, 0.05) is 32.1 Å². The molecule has 2 heterocycles. The maximum atomic E-state index is 11.5. The molecule has 84 valence electrons. The van der Waals surface area contributed by atoms with Gasteiger partial charge in [-0.1, -0.05) is 0 Å². The van der Waals surface area contributed by atoms with E-state index in [2.05, 4.69) is 0 Å². The van der Waals surface area contributed by atoms with Crippen molar-refractivity contribution in [3.05, 3.63) is 0 Å². The third kappa shape index (κ3) is 2.06. The highest BCUT2D eigenvalue weighted by atomic mass is 16.4. The molecule has 0 aliphatic carbocycles. The molecule has 0 bridgehead atoms. The summed E-state index contributed by atoms with van der Waals surface area (Å²) in [5, 5.41) is 8.79. The fraction of sp³-hybridized carbons (Fsp3) is 0.800. The SMILES string of the molecule is O=C(O)N1CCC(N2CCCC2=O)CC1. The summed E-state index contributed by atoms with van der Waals surface area (Å²) >= 11 is 0. The van der Waals surface area contributed by atoms with E-state index < -0.39 is 6.09 Å². The third-order valence-corrected chi connectivity index (χ3v) is 3.29. The second-order valence-corrected chi connectivity index (χ2v) is 4.19. The Labute approximate surface area is 88.6 Å². The van der Waals surface area contributed by atoms with Crippen molar-refractivity contribution in [2.75, 3.05) is 19.6 Å². The van der Waals surface area contributed by atoms with Gasteiger partial charge in [-0.05, 0) is 19.3 Å². The van der Waals surface area contributed by atoms with Gasteiger partial charge >= 0.3 is 6.09 Å². The van der Waals surface area contributed by atoms with Crippen molar-refractivity contribution in [3.8, 4) is 0 Å². The summed E-state index contributed by atoms with van der Waals surface area (Å²) < 4.78 is 0. The number of carbonyl (C=O) groups is 2. The molecule has 0 atom stereocenters. The highest BCUT2D eigenvalue weighted by molar-refractivity contribution is 5.78. The molecule has 0 aromatic carbocycles. The Bertz CT molecular complexity index is 272. The minimum Gasteiger partial charge on any atom is -0.465 e. The van der Waals surface area contributed by atoms with Crippen LogP contribution in [-0.2, 0) is 4.79 Å². The highest BCUT2D eigenvalue weighted by Crippen LogP contribution is 2.21. The Balaban J connectivity index is 1.87. The largest absolute Gasteiger partial charge is 0.465 e. The topological polar surface area (TPSA) is 60.9 Å². The Morgan fingerprint density at radius 3 is 2.40 bits per heavy atom. The summed E-state index contributed by atoms with van der Waals surface area (Å²) in [6.07, 6.45) is 2.36. The van der Waals surface area contributed by atoms with Crippen LogP contribution < -0.4 is 0 Å². The number of hydrogen-bond acceptors (Lipinski definition) is 2. The fourth-order valence-corrected chi connectivity index (χ4v) is 2.42. The molecular formula is C10H16N2O3. The molecule has 2 amide bonds. The van der Waals surface area contributed by atoms with Crippen LogP contribution in [0.3, 0.4) is 0 Å². The van der Waals surface area contributed by atoms with E-state index in [4.69, 9.17) is 5.11 Å². The Kier molecular flexibility index (Phi) is 2.79. The van der Waals surface area contributed by atoms with Gasteiger partial charge in [-0.15, -0.1) is 0 Å². The number of nitrogens with zero attached hydrogens (tertiary/aromatic N) is 2. The van der Waals surface area contributed by atoms with Crippen LogP contribution in [0.2, 0.25) is 0 Å². The van der Waals surface area contributed by atoms with E-state index in [-0.39, 0.29) is 11.9 Å². The first-order chi connectivity index (χ1) is 7.18. The monoisotopic (exact) mass is 212 g/mol. The van der Waals surface area contributed by atoms with Crippen LogP contribution in [0.1, 0.15) is 25.7 Å². The molecule has 2 rings (SSSR count). The van der Waals surface area contributed by atoms with Crippen molar-refractivity contribution in [1.82, 2.24) is 9.80 Å². The lowest BCUT2D eigenvalue weighted by Gasteiger charge is -2.35. The molecule has 5 heteroatoms. The van der Waals surface area contributed by atoms with Crippen molar-refractivity contribution in [2.24, 2.45) is 0 Å². The molecule has 0 aromatic rings. The summed E-state index contributed by atoms with van der Waals surface area (Å²) in [7, 11) is 0. The Morgan fingerprint density at radius 2 is 1.93 bits per heavy atom. The number of piperidine rings is 1. The summed E-state index contributed by atoms with van der Waals surface area (Å²) in [6.45, 7) is 1.98. The maximum absolute atomic E-state index is 11.5. The van der Waals surface area contributed by atoms with Crippen molar-refractivity contribution in [3.63, 3.8) is 0 Å². The standard InChI is InChI=1S/C10H16N2O3/c13-9-2-1-5-12(9)8-3-6-11(7-4-8)10(14)15/h8H,1-7H2,(H,14,15). The average Bonchev–Trinajstić information content (AvgIpc) is 2.65. The van der Waals surface area contributed by atoms with Crippen molar-refractivity contribution in [1.29, 1.82) is 0 Å². The second kappa shape index (κ2) is 4.08. The van der Waals surface area contributed by atoms with Gasteiger partial charge in [0.05, 0.1) is 0 Å². The molecule has 15 heavy (non-hydrogen) atoms. The molecule has 0 radical (unpaired) electrons. The van der Waals surface area contributed by atoms with E-state index in [9.17, 15) is 9.59 Å². The highest BCUT2D eigenvalue weighted by Gasteiger charge is 2.31. The summed E-state index contributed by atoms with van der Waals surface area (Å²) in [6, 6.07) is 0.274. The quantitative estimate of drug-likeness (QED) is 0.697. The lowest BCUT2D eigenvalue weighted by molar-refractivity contribution is -0.130. The molecule has 2 fully saturated rings.